The topological polar surface area (TPSA) is 45.7 Å². The first-order valence-electron chi connectivity index (χ1n) is 12.2. The van der Waals surface area contributed by atoms with Gasteiger partial charge in [-0.25, -0.2) is 8.78 Å². The van der Waals surface area contributed by atoms with Crippen LogP contribution in [0.4, 0.5) is 26.3 Å². The molecule has 37 heavy (non-hydrogen) atoms. The lowest BCUT2D eigenvalue weighted by molar-refractivity contribution is -0.141. The van der Waals surface area contributed by atoms with Crippen LogP contribution in [-0.2, 0) is 6.18 Å². The van der Waals surface area contributed by atoms with Crippen molar-refractivity contribution in [1.29, 1.82) is 0 Å². The summed E-state index contributed by atoms with van der Waals surface area (Å²) in [7, 11) is 0. The van der Waals surface area contributed by atoms with Crippen molar-refractivity contribution in [1.82, 2.24) is 14.8 Å². The van der Waals surface area contributed by atoms with E-state index in [9.17, 15) is 31.1 Å². The van der Waals surface area contributed by atoms with Gasteiger partial charge in [-0.05, 0) is 68.0 Å². The first-order valence-corrected chi connectivity index (χ1v) is 12.2. The van der Waals surface area contributed by atoms with Crippen LogP contribution in [0, 0.1) is 13.8 Å². The number of pyridine rings is 1. The lowest BCUT2D eigenvalue weighted by Crippen LogP contribution is -2.57. The first kappa shape index (κ1) is 27.2. The number of rotatable bonds is 6. The Balaban J connectivity index is 1.48. The van der Waals surface area contributed by atoms with Crippen molar-refractivity contribution in [2.24, 2.45) is 0 Å². The van der Waals surface area contributed by atoms with Crippen LogP contribution in [0.5, 0.6) is 5.75 Å². The Hall–Kier alpha value is -2.82. The minimum Gasteiger partial charge on any atom is -0.452 e. The van der Waals surface area contributed by atoms with E-state index in [1.165, 1.54) is 6.07 Å². The van der Waals surface area contributed by atoms with E-state index in [1.807, 2.05) is 6.92 Å². The highest BCUT2D eigenvalue weighted by molar-refractivity contribution is 5.94. The predicted molar refractivity (Wildman–Crippen MR) is 125 cm³/mol. The van der Waals surface area contributed by atoms with Gasteiger partial charge in [0.25, 0.3) is 5.91 Å². The van der Waals surface area contributed by atoms with Crippen molar-refractivity contribution in [2.45, 2.75) is 57.2 Å². The maximum absolute atomic E-state index is 14.2. The fourth-order valence-electron chi connectivity index (χ4n) is 5.21. The highest BCUT2D eigenvalue weighted by Crippen LogP contribution is 2.40. The van der Waals surface area contributed by atoms with Crippen LogP contribution in [0.3, 0.4) is 0 Å². The molecule has 2 atom stereocenters. The fourth-order valence-corrected chi connectivity index (χ4v) is 5.21. The van der Waals surface area contributed by atoms with Gasteiger partial charge in [-0.1, -0.05) is 6.07 Å². The number of benzene rings is 1. The number of aromatic nitrogens is 1. The van der Waals surface area contributed by atoms with Crippen molar-refractivity contribution in [3.05, 3.63) is 58.4 Å². The van der Waals surface area contributed by atoms with E-state index in [2.05, 4.69) is 9.88 Å². The van der Waals surface area contributed by atoms with Gasteiger partial charge in [0.2, 0.25) is 0 Å². The van der Waals surface area contributed by atoms with E-state index in [1.54, 1.807) is 17.9 Å². The van der Waals surface area contributed by atoms with Gasteiger partial charge >= 0.3 is 12.0 Å². The standard InChI is InChI=1S/C26H29F6N3O2/c1-16-17(2)22(37-25(29,14-27)15-28)8-7-20(16)21-5-3-4-19-13-34(10-11-35(19)21)24(36)18-6-9-23(33-12-18)26(30,31)32/h6-9,12,19,21H,3-5,10-11,13-15H2,1-2H3/t19-,21+/m0/s1. The number of nitrogens with zero attached hydrogens (tertiary/aromatic N) is 3. The lowest BCUT2D eigenvalue weighted by Gasteiger charge is -2.48. The number of carbonyl (C=O) groups excluding carboxylic acids is 1. The monoisotopic (exact) mass is 529 g/mol. The Kier molecular flexibility index (Phi) is 7.73. The average molecular weight is 530 g/mol. The second-order valence-electron chi connectivity index (χ2n) is 9.67. The quantitative estimate of drug-likeness (QED) is 0.447. The molecule has 0 unspecified atom stereocenters. The number of alkyl halides is 6. The van der Waals surface area contributed by atoms with Crippen molar-refractivity contribution in [3.8, 4) is 5.75 Å². The Morgan fingerprint density at radius 2 is 1.76 bits per heavy atom. The molecule has 1 aromatic heterocycles. The Bertz CT molecular complexity index is 1120. The first-order chi connectivity index (χ1) is 17.5. The molecule has 3 heterocycles. The molecule has 0 aliphatic carbocycles. The molecule has 11 heteroatoms. The number of hydrogen-bond donors (Lipinski definition) is 0. The summed E-state index contributed by atoms with van der Waals surface area (Å²) < 4.78 is 83.5. The molecule has 202 valence electrons. The van der Waals surface area contributed by atoms with Crippen molar-refractivity contribution >= 4 is 5.91 Å². The van der Waals surface area contributed by atoms with Crippen LogP contribution < -0.4 is 4.74 Å². The maximum atomic E-state index is 14.2. The van der Waals surface area contributed by atoms with Gasteiger partial charge in [-0.3, -0.25) is 14.7 Å². The summed E-state index contributed by atoms with van der Waals surface area (Å²) >= 11 is 0. The zero-order chi connectivity index (χ0) is 27.0. The molecule has 2 aliphatic rings. The highest BCUT2D eigenvalue weighted by atomic mass is 19.4. The highest BCUT2D eigenvalue weighted by Gasteiger charge is 2.39. The number of hydrogen-bond acceptors (Lipinski definition) is 4. The third kappa shape index (κ3) is 5.56. The SMILES string of the molecule is Cc1c(OC(F)(CF)CF)ccc([C@H]2CCC[C@H]3CN(C(=O)c4ccc(C(F)(F)F)nc4)CCN32)c1C. The molecule has 0 bridgehead atoms. The van der Waals surface area contributed by atoms with Crippen molar-refractivity contribution in [2.75, 3.05) is 33.0 Å². The molecule has 1 amide bonds. The summed E-state index contributed by atoms with van der Waals surface area (Å²) in [4.78, 5) is 20.3. The average Bonchev–Trinajstić information content (AvgIpc) is 2.90. The third-order valence-corrected chi connectivity index (χ3v) is 7.36. The summed E-state index contributed by atoms with van der Waals surface area (Å²) in [5, 5.41) is 0. The van der Waals surface area contributed by atoms with E-state index in [-0.39, 0.29) is 29.3 Å². The molecular weight excluding hydrogens is 500 g/mol. The van der Waals surface area contributed by atoms with E-state index >= 15 is 0 Å². The normalized spacial score (nSPS) is 21.0. The van der Waals surface area contributed by atoms with Crippen molar-refractivity contribution in [3.63, 3.8) is 0 Å². The molecule has 0 N–H and O–H groups in total. The molecule has 2 aliphatic heterocycles. The third-order valence-electron chi connectivity index (χ3n) is 7.36. The number of amides is 1. The van der Waals surface area contributed by atoms with E-state index in [0.717, 1.165) is 48.7 Å². The molecule has 5 nitrogen and oxygen atoms in total. The summed E-state index contributed by atoms with van der Waals surface area (Å²) in [5.74, 6) is -3.28. The molecule has 2 aromatic rings. The number of ether oxygens (including phenoxy) is 1. The maximum Gasteiger partial charge on any atom is 0.433 e. The van der Waals surface area contributed by atoms with Gasteiger partial charge in [-0.15, -0.1) is 0 Å². The van der Waals surface area contributed by atoms with Crippen LogP contribution in [0.2, 0.25) is 0 Å². The van der Waals surface area contributed by atoms with Gasteiger partial charge in [0, 0.05) is 37.9 Å². The number of piperidine rings is 1. The molecular formula is C26H29F6N3O2. The summed E-state index contributed by atoms with van der Waals surface area (Å²) in [6, 6.07) is 5.40. The number of halogens is 6. The zero-order valence-electron chi connectivity index (χ0n) is 20.6. The fraction of sp³-hybridized carbons (Fsp3) is 0.538. The van der Waals surface area contributed by atoms with Crippen LogP contribution in [0.1, 0.15) is 58.0 Å². The van der Waals surface area contributed by atoms with Crippen LogP contribution in [-0.4, -0.2) is 65.6 Å². The van der Waals surface area contributed by atoms with Gasteiger partial charge in [0.05, 0.1) is 5.56 Å². The van der Waals surface area contributed by atoms with Crippen LogP contribution in [0.25, 0.3) is 0 Å². The van der Waals surface area contributed by atoms with E-state index < -0.39 is 31.1 Å². The van der Waals surface area contributed by atoms with Crippen LogP contribution in [0.15, 0.2) is 30.5 Å². The van der Waals surface area contributed by atoms with Gasteiger partial charge in [0.15, 0.2) is 13.3 Å². The van der Waals surface area contributed by atoms with Gasteiger partial charge < -0.3 is 9.64 Å². The Labute approximate surface area is 211 Å². The molecule has 2 saturated heterocycles. The molecule has 4 rings (SSSR count). The molecule has 0 spiro atoms. The second-order valence-corrected chi connectivity index (χ2v) is 9.67. The minimum atomic E-state index is -4.57. The largest absolute Gasteiger partial charge is 0.452 e. The molecule has 2 fully saturated rings. The lowest BCUT2D eigenvalue weighted by atomic mass is 9.86. The summed E-state index contributed by atoms with van der Waals surface area (Å²) in [6.07, 6.45) is -0.961. The Morgan fingerprint density at radius 1 is 1.03 bits per heavy atom. The minimum absolute atomic E-state index is 0.0361. The second kappa shape index (κ2) is 10.5. The predicted octanol–water partition coefficient (Wildman–Crippen LogP) is 5.75. The zero-order valence-corrected chi connectivity index (χ0v) is 20.6. The van der Waals surface area contributed by atoms with E-state index in [0.29, 0.717) is 25.2 Å². The van der Waals surface area contributed by atoms with Gasteiger partial charge in [0.1, 0.15) is 11.4 Å². The number of piperazine rings is 1. The molecule has 0 saturated carbocycles. The summed E-state index contributed by atoms with van der Waals surface area (Å²) in [6.45, 7) is 1.81. The van der Waals surface area contributed by atoms with E-state index in [4.69, 9.17) is 4.74 Å². The number of fused-ring (bicyclic) bond motifs is 1. The van der Waals surface area contributed by atoms with Crippen LogP contribution >= 0.6 is 0 Å². The molecule has 1 aromatic carbocycles. The summed E-state index contributed by atoms with van der Waals surface area (Å²) in [5.41, 5.74) is 1.52. The molecule has 0 radical (unpaired) electrons. The van der Waals surface area contributed by atoms with Gasteiger partial charge in [-0.2, -0.15) is 17.6 Å². The number of carbonyl (C=O) groups is 1. The van der Waals surface area contributed by atoms with Crippen molar-refractivity contribution < 1.29 is 35.9 Å². The smallest absolute Gasteiger partial charge is 0.433 e. The Morgan fingerprint density at radius 3 is 2.38 bits per heavy atom.